The molecule has 1 aromatic rings. The molecule has 4 N–H and O–H groups in total. The van der Waals surface area contributed by atoms with Crippen LogP contribution in [-0.2, 0) is 14.3 Å². The van der Waals surface area contributed by atoms with E-state index in [9.17, 15) is 14.4 Å². The number of amides is 1. The molecular weight excluding hydrogens is 444 g/mol. The molecule has 0 aliphatic heterocycles. The van der Waals surface area contributed by atoms with Crippen LogP contribution >= 0.6 is 0 Å². The SMILES string of the molecule is C[C@]12CC[C@H](OC(=O)C(N)CC(N)=O)C[C@H]1CC[C@H]1C3=CC[C@H](c4ccc(=O)oc4)[C@@]3(C)CC[C@@H]12. The Bertz CT molecular complexity index is 1070. The minimum absolute atomic E-state index is 0.119. The van der Waals surface area contributed by atoms with Crippen LogP contribution in [0.25, 0.3) is 0 Å². The lowest BCUT2D eigenvalue weighted by molar-refractivity contribution is -0.160. The summed E-state index contributed by atoms with van der Waals surface area (Å²) >= 11 is 0. The van der Waals surface area contributed by atoms with E-state index in [4.69, 9.17) is 20.6 Å². The first kappa shape index (κ1) is 24.3. The molecule has 7 heteroatoms. The summed E-state index contributed by atoms with van der Waals surface area (Å²) in [6.45, 7) is 4.88. The molecule has 8 atom stereocenters. The van der Waals surface area contributed by atoms with E-state index >= 15 is 0 Å². The third-order valence-corrected chi connectivity index (χ3v) is 10.2. The number of carbonyl (C=O) groups is 2. The number of primary amides is 1. The average Bonchev–Trinajstić information content (AvgIpc) is 3.16. The molecule has 0 aromatic carbocycles. The Morgan fingerprint density at radius 2 is 1.97 bits per heavy atom. The number of rotatable bonds is 5. The number of fused-ring (bicyclic) bond motifs is 5. The van der Waals surface area contributed by atoms with Crippen molar-refractivity contribution in [3.05, 3.63) is 46.0 Å². The number of hydrogen-bond acceptors (Lipinski definition) is 6. The molecule has 0 spiro atoms. The summed E-state index contributed by atoms with van der Waals surface area (Å²) < 4.78 is 10.9. The molecule has 0 radical (unpaired) electrons. The maximum absolute atomic E-state index is 12.4. The van der Waals surface area contributed by atoms with Crippen molar-refractivity contribution in [3.63, 3.8) is 0 Å². The number of esters is 1. The van der Waals surface area contributed by atoms with Gasteiger partial charge in [-0.2, -0.15) is 0 Å². The Morgan fingerprint density at radius 1 is 1.17 bits per heavy atom. The van der Waals surface area contributed by atoms with E-state index in [0.29, 0.717) is 23.7 Å². The van der Waals surface area contributed by atoms with Gasteiger partial charge in [0.1, 0.15) is 12.1 Å². The van der Waals surface area contributed by atoms with Crippen molar-refractivity contribution in [3.8, 4) is 0 Å². The summed E-state index contributed by atoms with van der Waals surface area (Å²) in [5, 5.41) is 0. The summed E-state index contributed by atoms with van der Waals surface area (Å²) in [6.07, 6.45) is 12.3. The molecule has 7 nitrogen and oxygen atoms in total. The summed E-state index contributed by atoms with van der Waals surface area (Å²) in [5.41, 5.74) is 13.8. The predicted octanol–water partition coefficient (Wildman–Crippen LogP) is 3.80. The standard InChI is InChI=1S/C28H38N2O5/c1-27-11-9-18(35-26(33)23(29)14-24(30)31)13-17(27)4-5-19-21-7-6-20(16-3-8-25(32)34-15-16)28(21,2)12-10-22(19)27/h3,7-8,15,17-20,22-23H,4-6,9-14,29H2,1-2H3,(H2,30,31)/t17-,18+,19+,20-,22+,23?,27+,28-/m1/s1. The van der Waals surface area contributed by atoms with Crippen LogP contribution in [-0.4, -0.2) is 24.0 Å². The van der Waals surface area contributed by atoms with Gasteiger partial charge in [-0.3, -0.25) is 9.59 Å². The van der Waals surface area contributed by atoms with Crippen molar-refractivity contribution < 1.29 is 18.7 Å². The van der Waals surface area contributed by atoms with Crippen LogP contribution in [0.4, 0.5) is 0 Å². The predicted molar refractivity (Wildman–Crippen MR) is 131 cm³/mol. The van der Waals surface area contributed by atoms with Crippen LogP contribution in [0, 0.1) is 28.6 Å². The van der Waals surface area contributed by atoms with Gasteiger partial charge in [-0.05, 0) is 97.5 Å². The van der Waals surface area contributed by atoms with Crippen molar-refractivity contribution in [1.82, 2.24) is 0 Å². The van der Waals surface area contributed by atoms with Crippen LogP contribution in [0.1, 0.15) is 83.1 Å². The molecule has 4 aliphatic rings. The lowest BCUT2D eigenvalue weighted by atomic mass is 9.46. The Balaban J connectivity index is 1.28. The Labute approximate surface area is 206 Å². The maximum Gasteiger partial charge on any atom is 0.335 e. The Kier molecular flexibility index (Phi) is 6.19. The van der Waals surface area contributed by atoms with Gasteiger partial charge in [-0.15, -0.1) is 0 Å². The molecular formula is C28H38N2O5. The summed E-state index contributed by atoms with van der Waals surface area (Å²) in [7, 11) is 0. The largest absolute Gasteiger partial charge is 0.461 e. The van der Waals surface area contributed by atoms with E-state index in [0.717, 1.165) is 44.1 Å². The van der Waals surface area contributed by atoms with E-state index in [-0.39, 0.29) is 29.0 Å². The van der Waals surface area contributed by atoms with Crippen LogP contribution in [0.3, 0.4) is 0 Å². The lowest BCUT2D eigenvalue weighted by Gasteiger charge is -2.59. The minimum atomic E-state index is -0.979. The van der Waals surface area contributed by atoms with Gasteiger partial charge in [0, 0.05) is 6.07 Å². The number of carbonyl (C=O) groups excluding carboxylic acids is 2. The van der Waals surface area contributed by atoms with Gasteiger partial charge in [-0.1, -0.05) is 25.5 Å². The first-order chi connectivity index (χ1) is 16.6. The van der Waals surface area contributed by atoms with E-state index in [1.165, 1.54) is 12.8 Å². The zero-order chi connectivity index (χ0) is 25.0. The fourth-order valence-electron chi connectivity index (χ4n) is 8.28. The molecule has 35 heavy (non-hydrogen) atoms. The molecule has 1 amide bonds. The molecule has 3 fully saturated rings. The van der Waals surface area contributed by atoms with Crippen molar-refractivity contribution in [2.45, 2.75) is 89.7 Å². The third kappa shape index (κ3) is 4.15. The first-order valence-electron chi connectivity index (χ1n) is 13.2. The van der Waals surface area contributed by atoms with Crippen LogP contribution in [0.5, 0.6) is 0 Å². The highest BCUT2D eigenvalue weighted by atomic mass is 16.5. The zero-order valence-corrected chi connectivity index (χ0v) is 20.8. The smallest absolute Gasteiger partial charge is 0.335 e. The van der Waals surface area contributed by atoms with E-state index < -0.39 is 17.9 Å². The third-order valence-electron chi connectivity index (χ3n) is 10.2. The second-order valence-electron chi connectivity index (χ2n) is 11.9. The van der Waals surface area contributed by atoms with Gasteiger partial charge in [-0.25, -0.2) is 4.79 Å². The minimum Gasteiger partial charge on any atom is -0.461 e. The average molecular weight is 483 g/mol. The normalized spacial score (nSPS) is 38.9. The highest BCUT2D eigenvalue weighted by molar-refractivity contribution is 5.84. The lowest BCUT2D eigenvalue weighted by Crippen LogP contribution is -2.52. The molecule has 0 bridgehead atoms. The monoisotopic (exact) mass is 482 g/mol. The zero-order valence-electron chi connectivity index (χ0n) is 20.8. The van der Waals surface area contributed by atoms with E-state index in [1.807, 2.05) is 6.07 Å². The van der Waals surface area contributed by atoms with Crippen molar-refractivity contribution >= 4 is 11.9 Å². The van der Waals surface area contributed by atoms with Crippen LogP contribution in [0.15, 0.2) is 39.3 Å². The van der Waals surface area contributed by atoms with Gasteiger partial charge in [0.15, 0.2) is 0 Å². The van der Waals surface area contributed by atoms with Crippen molar-refractivity contribution in [2.75, 3.05) is 0 Å². The number of ether oxygens (including phenoxy) is 1. The topological polar surface area (TPSA) is 126 Å². The first-order valence-corrected chi connectivity index (χ1v) is 13.2. The molecule has 0 saturated heterocycles. The van der Waals surface area contributed by atoms with Crippen LogP contribution in [0.2, 0.25) is 0 Å². The maximum atomic E-state index is 12.4. The second kappa shape index (κ2) is 8.91. The Hall–Kier alpha value is -2.41. The second-order valence-corrected chi connectivity index (χ2v) is 11.9. The van der Waals surface area contributed by atoms with E-state index in [1.54, 1.807) is 17.9 Å². The fraction of sp³-hybridized carbons (Fsp3) is 0.679. The van der Waals surface area contributed by atoms with Crippen molar-refractivity contribution in [2.24, 2.45) is 40.1 Å². The highest BCUT2D eigenvalue weighted by Gasteiger charge is 2.58. The molecule has 190 valence electrons. The number of hydrogen-bond donors (Lipinski definition) is 2. The molecule has 1 aromatic heterocycles. The highest BCUT2D eigenvalue weighted by Crippen LogP contribution is 2.67. The summed E-state index contributed by atoms with van der Waals surface area (Å²) in [6, 6.07) is 2.51. The molecule has 4 aliphatic carbocycles. The van der Waals surface area contributed by atoms with Gasteiger partial charge in [0.25, 0.3) is 0 Å². The van der Waals surface area contributed by atoms with Gasteiger partial charge in [0.2, 0.25) is 5.91 Å². The summed E-state index contributed by atoms with van der Waals surface area (Å²) in [4.78, 5) is 34.9. The van der Waals surface area contributed by atoms with E-state index in [2.05, 4.69) is 19.9 Å². The quantitative estimate of drug-likeness (QED) is 0.486. The Morgan fingerprint density at radius 3 is 2.69 bits per heavy atom. The fourth-order valence-corrected chi connectivity index (χ4v) is 8.28. The molecule has 1 heterocycles. The number of allylic oxidation sites excluding steroid dienone is 2. The molecule has 3 saturated carbocycles. The van der Waals surface area contributed by atoms with Gasteiger partial charge < -0.3 is 20.6 Å². The van der Waals surface area contributed by atoms with Gasteiger partial charge in [0.05, 0.1) is 12.7 Å². The van der Waals surface area contributed by atoms with Gasteiger partial charge >= 0.3 is 11.6 Å². The van der Waals surface area contributed by atoms with Crippen LogP contribution < -0.4 is 17.1 Å². The number of nitrogens with two attached hydrogens (primary N) is 2. The summed E-state index contributed by atoms with van der Waals surface area (Å²) in [5.74, 6) is 1.02. The van der Waals surface area contributed by atoms with Crippen molar-refractivity contribution in [1.29, 1.82) is 0 Å². The molecule has 5 rings (SSSR count). The molecule has 1 unspecified atom stereocenters.